The van der Waals surface area contributed by atoms with Crippen molar-refractivity contribution >= 4 is 63.3 Å². The van der Waals surface area contributed by atoms with Gasteiger partial charge >= 0.3 is 6.03 Å². The van der Waals surface area contributed by atoms with E-state index in [-0.39, 0.29) is 5.91 Å². The van der Waals surface area contributed by atoms with Crippen LogP contribution < -0.4 is 10.7 Å². The van der Waals surface area contributed by atoms with E-state index < -0.39 is 6.03 Å². The zero-order chi connectivity index (χ0) is 16.2. The average molecular weight is 361 g/mol. The van der Waals surface area contributed by atoms with Gasteiger partial charge in [0.05, 0.1) is 4.91 Å². The molecule has 2 N–H and O–H groups in total. The molecule has 0 unspecified atom stereocenters. The maximum Gasteiger partial charge on any atom is 0.338 e. The molecule has 0 atom stereocenters. The molecule has 5 nitrogen and oxygen atoms in total. The molecule has 0 bridgehead atoms. The van der Waals surface area contributed by atoms with Crippen LogP contribution in [0.1, 0.15) is 4.88 Å². The number of thiophene rings is 1. The van der Waals surface area contributed by atoms with Crippen molar-refractivity contribution in [3.63, 3.8) is 0 Å². The first-order valence-electron chi connectivity index (χ1n) is 6.57. The van der Waals surface area contributed by atoms with Crippen LogP contribution in [0.3, 0.4) is 0 Å². The summed E-state index contributed by atoms with van der Waals surface area (Å²) in [5, 5.41) is 5.65. The average Bonchev–Trinajstić information content (AvgIpc) is 3.13. The van der Waals surface area contributed by atoms with E-state index in [0.717, 1.165) is 21.6 Å². The molecule has 0 aliphatic carbocycles. The number of nitrogens with zero attached hydrogens (tertiary/aromatic N) is 1. The Morgan fingerprint density at radius 1 is 1.17 bits per heavy atom. The predicted molar refractivity (Wildman–Crippen MR) is 97.9 cm³/mol. The minimum atomic E-state index is -0.523. The van der Waals surface area contributed by atoms with Crippen LogP contribution in [-0.4, -0.2) is 21.3 Å². The van der Waals surface area contributed by atoms with E-state index in [2.05, 4.69) is 10.7 Å². The number of carbonyl (C=O) groups excluding carboxylic acids is 2. The number of hydrogen-bond donors (Lipinski definition) is 2. The van der Waals surface area contributed by atoms with Crippen LogP contribution in [0.25, 0.3) is 6.08 Å². The fourth-order valence-corrected chi connectivity index (χ4v) is 3.75. The van der Waals surface area contributed by atoms with Crippen LogP contribution in [0.2, 0.25) is 0 Å². The third-order valence-electron chi connectivity index (χ3n) is 2.86. The number of rotatable bonds is 3. The summed E-state index contributed by atoms with van der Waals surface area (Å²) in [4.78, 5) is 25.8. The number of carbonyl (C=O) groups is 2. The fourth-order valence-electron chi connectivity index (χ4n) is 1.85. The summed E-state index contributed by atoms with van der Waals surface area (Å²) in [7, 11) is 0. The maximum absolute atomic E-state index is 12.3. The highest BCUT2D eigenvalue weighted by Crippen LogP contribution is 2.32. The second-order valence-electron chi connectivity index (χ2n) is 4.46. The Morgan fingerprint density at radius 2 is 1.96 bits per heavy atom. The first-order chi connectivity index (χ1) is 11.1. The standard InChI is InChI=1S/C15H11N3O2S3/c19-13-12(9-11-7-4-8-22-11)23-15(21)18(13)17-14(20)16-10-5-2-1-3-6-10/h1-9H,(H2,16,17,20). The van der Waals surface area contributed by atoms with Gasteiger partial charge in [-0.2, -0.15) is 5.01 Å². The minimum Gasteiger partial charge on any atom is -0.307 e. The van der Waals surface area contributed by atoms with Crippen LogP contribution in [-0.2, 0) is 4.79 Å². The Kier molecular flexibility index (Phi) is 4.75. The first kappa shape index (κ1) is 15.7. The predicted octanol–water partition coefficient (Wildman–Crippen LogP) is 3.69. The first-order valence-corrected chi connectivity index (χ1v) is 8.68. The SMILES string of the molecule is O=C(Nc1ccccc1)NN1C(=O)C(=Cc2cccs2)SC1=S. The summed E-state index contributed by atoms with van der Waals surface area (Å²) < 4.78 is 0.293. The highest BCUT2D eigenvalue weighted by molar-refractivity contribution is 8.26. The summed E-state index contributed by atoms with van der Waals surface area (Å²) in [5.41, 5.74) is 3.10. The van der Waals surface area contributed by atoms with Crippen molar-refractivity contribution in [3.8, 4) is 0 Å². The van der Waals surface area contributed by atoms with Gasteiger partial charge in [-0.05, 0) is 41.9 Å². The zero-order valence-electron chi connectivity index (χ0n) is 11.7. The third kappa shape index (κ3) is 3.79. The van der Waals surface area contributed by atoms with Crippen molar-refractivity contribution in [1.29, 1.82) is 0 Å². The van der Waals surface area contributed by atoms with Gasteiger partial charge in [0.2, 0.25) is 0 Å². The molecule has 2 heterocycles. The lowest BCUT2D eigenvalue weighted by Gasteiger charge is -2.16. The molecular formula is C15H11N3O2S3. The van der Waals surface area contributed by atoms with Crippen molar-refractivity contribution in [3.05, 3.63) is 57.6 Å². The number of nitrogens with one attached hydrogen (secondary N) is 2. The molecule has 23 heavy (non-hydrogen) atoms. The molecule has 1 saturated heterocycles. The molecule has 0 radical (unpaired) electrons. The summed E-state index contributed by atoms with van der Waals surface area (Å²) >= 11 is 7.85. The van der Waals surface area contributed by atoms with Crippen molar-refractivity contribution in [2.24, 2.45) is 0 Å². The molecule has 1 aromatic carbocycles. The molecule has 0 saturated carbocycles. The van der Waals surface area contributed by atoms with E-state index in [1.54, 1.807) is 30.3 Å². The van der Waals surface area contributed by atoms with Gasteiger partial charge in [0.1, 0.15) is 0 Å². The van der Waals surface area contributed by atoms with E-state index >= 15 is 0 Å². The van der Waals surface area contributed by atoms with Crippen LogP contribution >= 0.6 is 35.3 Å². The number of para-hydroxylation sites is 1. The molecule has 8 heteroatoms. The zero-order valence-corrected chi connectivity index (χ0v) is 14.1. The quantitative estimate of drug-likeness (QED) is 0.647. The lowest BCUT2D eigenvalue weighted by Crippen LogP contribution is -2.46. The highest BCUT2D eigenvalue weighted by atomic mass is 32.2. The normalized spacial score (nSPS) is 16.0. The van der Waals surface area contributed by atoms with Crippen molar-refractivity contribution < 1.29 is 9.59 Å². The van der Waals surface area contributed by atoms with Gasteiger partial charge in [-0.25, -0.2) is 10.2 Å². The molecule has 1 fully saturated rings. The van der Waals surface area contributed by atoms with E-state index in [1.165, 1.54) is 11.3 Å². The summed E-state index contributed by atoms with van der Waals surface area (Å²) in [6.45, 7) is 0. The molecule has 1 aliphatic rings. The van der Waals surface area contributed by atoms with Crippen LogP contribution in [0.5, 0.6) is 0 Å². The lowest BCUT2D eigenvalue weighted by atomic mass is 10.3. The van der Waals surface area contributed by atoms with Gasteiger partial charge in [-0.15, -0.1) is 11.3 Å². The molecule has 0 spiro atoms. The van der Waals surface area contributed by atoms with E-state index in [9.17, 15) is 9.59 Å². The molecular weight excluding hydrogens is 350 g/mol. The fraction of sp³-hybridized carbons (Fsp3) is 0. The minimum absolute atomic E-state index is 0.293. The van der Waals surface area contributed by atoms with Crippen molar-refractivity contribution in [2.45, 2.75) is 0 Å². The second kappa shape index (κ2) is 6.95. The van der Waals surface area contributed by atoms with Gasteiger partial charge < -0.3 is 5.32 Å². The Hall–Kier alpha value is -2.16. The Bertz CT molecular complexity index is 773. The largest absolute Gasteiger partial charge is 0.338 e. The smallest absolute Gasteiger partial charge is 0.307 e. The third-order valence-corrected chi connectivity index (χ3v) is 4.98. The molecule has 1 aliphatic heterocycles. The van der Waals surface area contributed by atoms with Gasteiger partial charge in [-0.1, -0.05) is 36.0 Å². The van der Waals surface area contributed by atoms with Crippen LogP contribution in [0, 0.1) is 0 Å². The number of thioether (sulfide) groups is 1. The number of thiocarbonyl (C=S) groups is 1. The number of hydrazine groups is 1. The highest BCUT2D eigenvalue weighted by Gasteiger charge is 2.33. The van der Waals surface area contributed by atoms with Crippen LogP contribution in [0.15, 0.2) is 52.7 Å². The maximum atomic E-state index is 12.3. The van der Waals surface area contributed by atoms with Gasteiger partial charge in [0.15, 0.2) is 4.32 Å². The number of amides is 3. The molecule has 116 valence electrons. The monoisotopic (exact) mass is 361 g/mol. The number of anilines is 1. The number of benzene rings is 1. The van der Waals surface area contributed by atoms with E-state index in [4.69, 9.17) is 12.2 Å². The van der Waals surface area contributed by atoms with Gasteiger partial charge in [-0.3, -0.25) is 4.79 Å². The molecule has 3 amide bonds. The molecule has 1 aromatic heterocycles. The summed E-state index contributed by atoms with van der Waals surface area (Å²) in [6, 6.07) is 12.2. The molecule has 3 rings (SSSR count). The van der Waals surface area contributed by atoms with E-state index in [0.29, 0.717) is 14.9 Å². The summed E-state index contributed by atoms with van der Waals surface area (Å²) in [6.07, 6.45) is 1.76. The Morgan fingerprint density at radius 3 is 2.65 bits per heavy atom. The Balaban J connectivity index is 1.67. The van der Waals surface area contributed by atoms with Crippen LogP contribution in [0.4, 0.5) is 10.5 Å². The van der Waals surface area contributed by atoms with Crippen molar-refractivity contribution in [2.75, 3.05) is 5.32 Å². The molecule has 2 aromatic rings. The lowest BCUT2D eigenvalue weighted by molar-refractivity contribution is -0.123. The topological polar surface area (TPSA) is 61.4 Å². The van der Waals surface area contributed by atoms with Gasteiger partial charge in [0.25, 0.3) is 5.91 Å². The second-order valence-corrected chi connectivity index (χ2v) is 7.12. The van der Waals surface area contributed by atoms with E-state index in [1.807, 2.05) is 23.6 Å². The summed E-state index contributed by atoms with van der Waals surface area (Å²) in [5.74, 6) is -0.336. The van der Waals surface area contributed by atoms with Crippen molar-refractivity contribution in [1.82, 2.24) is 10.4 Å². The Labute approximate surface area is 146 Å². The van der Waals surface area contributed by atoms with Gasteiger partial charge in [0, 0.05) is 10.6 Å². The number of hydrogen-bond acceptors (Lipinski definition) is 5. The number of urea groups is 1.